The Morgan fingerprint density at radius 2 is 2.00 bits per heavy atom. The molecule has 0 unspecified atom stereocenters. The molecule has 20 heavy (non-hydrogen) atoms. The van der Waals surface area contributed by atoms with Crippen molar-refractivity contribution >= 4 is 41.7 Å². The summed E-state index contributed by atoms with van der Waals surface area (Å²) in [5.41, 5.74) is 6.32. The molecular weight excluding hydrogens is 315 g/mol. The van der Waals surface area contributed by atoms with Crippen LogP contribution in [0, 0.1) is 0 Å². The van der Waals surface area contributed by atoms with E-state index in [0.29, 0.717) is 17.1 Å². The number of thioether (sulfide) groups is 1. The van der Waals surface area contributed by atoms with Crippen LogP contribution in [-0.4, -0.2) is 24.2 Å². The second-order valence-electron chi connectivity index (χ2n) is 4.60. The van der Waals surface area contributed by atoms with Gasteiger partial charge in [0.2, 0.25) is 0 Å². The Morgan fingerprint density at radius 3 is 2.50 bits per heavy atom. The Labute approximate surface area is 136 Å². The van der Waals surface area contributed by atoms with Crippen LogP contribution in [0.25, 0.3) is 0 Å². The topological polar surface area (TPSA) is 55.1 Å². The Balaban J connectivity index is 0.00000361. The van der Waals surface area contributed by atoms with Crippen LogP contribution in [0.1, 0.15) is 37.0 Å². The average molecular weight is 337 g/mol. The van der Waals surface area contributed by atoms with Crippen LogP contribution in [-0.2, 0) is 0 Å². The van der Waals surface area contributed by atoms with Crippen molar-refractivity contribution in [3.05, 3.63) is 28.8 Å². The molecule has 0 aromatic heterocycles. The van der Waals surface area contributed by atoms with Crippen molar-refractivity contribution in [1.29, 1.82) is 0 Å². The number of carbonyl (C=O) groups is 1. The van der Waals surface area contributed by atoms with Crippen LogP contribution in [0.4, 0.5) is 0 Å². The van der Waals surface area contributed by atoms with E-state index in [0.717, 1.165) is 17.7 Å². The van der Waals surface area contributed by atoms with Crippen LogP contribution in [0.5, 0.6) is 0 Å². The molecule has 114 valence electrons. The smallest absolute Gasteiger partial charge is 0.252 e. The summed E-state index contributed by atoms with van der Waals surface area (Å²) in [6.45, 7) is 4.51. The molecule has 6 heteroatoms. The van der Waals surface area contributed by atoms with Crippen molar-refractivity contribution in [2.24, 2.45) is 5.73 Å². The molecule has 0 fully saturated rings. The maximum Gasteiger partial charge on any atom is 0.252 e. The van der Waals surface area contributed by atoms with E-state index in [9.17, 15) is 4.79 Å². The lowest BCUT2D eigenvalue weighted by atomic mass is 9.94. The van der Waals surface area contributed by atoms with Gasteiger partial charge in [-0.05, 0) is 37.3 Å². The maximum absolute atomic E-state index is 12.2. The number of nitrogens with two attached hydrogens (primary N) is 1. The van der Waals surface area contributed by atoms with Crippen molar-refractivity contribution in [3.63, 3.8) is 0 Å². The maximum atomic E-state index is 12.2. The van der Waals surface area contributed by atoms with Gasteiger partial charge in [0.15, 0.2) is 0 Å². The molecule has 1 aromatic rings. The third kappa shape index (κ3) is 5.17. The zero-order valence-electron chi connectivity index (χ0n) is 12.0. The summed E-state index contributed by atoms with van der Waals surface area (Å²) in [4.78, 5) is 13.2. The third-order valence-electron chi connectivity index (χ3n) is 3.43. The van der Waals surface area contributed by atoms with Crippen LogP contribution in [0.2, 0.25) is 5.02 Å². The summed E-state index contributed by atoms with van der Waals surface area (Å²) < 4.78 is 0. The summed E-state index contributed by atoms with van der Waals surface area (Å²) in [7, 11) is 0. The number of hydrogen-bond donors (Lipinski definition) is 2. The molecule has 0 saturated heterocycles. The lowest BCUT2D eigenvalue weighted by Crippen LogP contribution is -2.49. The fourth-order valence-corrected chi connectivity index (χ4v) is 2.30. The molecule has 0 bridgehead atoms. The van der Waals surface area contributed by atoms with Crippen LogP contribution in [0.3, 0.4) is 0 Å². The van der Waals surface area contributed by atoms with Gasteiger partial charge in [-0.1, -0.05) is 25.4 Å². The van der Waals surface area contributed by atoms with Gasteiger partial charge in [-0.25, -0.2) is 0 Å². The summed E-state index contributed by atoms with van der Waals surface area (Å²) >= 11 is 7.64. The Hall–Kier alpha value is -0.420. The quantitative estimate of drug-likeness (QED) is 0.778. The number of carbonyl (C=O) groups excluding carboxylic acids is 1. The van der Waals surface area contributed by atoms with E-state index in [1.165, 1.54) is 0 Å². The van der Waals surface area contributed by atoms with Gasteiger partial charge < -0.3 is 11.1 Å². The van der Waals surface area contributed by atoms with Crippen molar-refractivity contribution in [3.8, 4) is 0 Å². The van der Waals surface area contributed by atoms with E-state index in [2.05, 4.69) is 5.32 Å². The molecule has 0 aliphatic carbocycles. The number of amides is 1. The zero-order chi connectivity index (χ0) is 14.5. The highest BCUT2D eigenvalue weighted by Crippen LogP contribution is 2.23. The Kier molecular flexibility index (Phi) is 8.59. The first-order chi connectivity index (χ1) is 8.95. The van der Waals surface area contributed by atoms with Gasteiger partial charge in [0.25, 0.3) is 5.91 Å². The van der Waals surface area contributed by atoms with E-state index in [1.807, 2.05) is 26.2 Å². The number of benzene rings is 1. The lowest BCUT2D eigenvalue weighted by molar-refractivity contribution is 0.0942. The molecule has 1 rings (SSSR count). The molecule has 1 amide bonds. The van der Waals surface area contributed by atoms with E-state index in [4.69, 9.17) is 17.3 Å². The van der Waals surface area contributed by atoms with Crippen molar-refractivity contribution in [2.45, 2.75) is 37.1 Å². The van der Waals surface area contributed by atoms with E-state index in [-0.39, 0.29) is 23.9 Å². The van der Waals surface area contributed by atoms with Crippen molar-refractivity contribution in [1.82, 2.24) is 5.32 Å². The molecule has 0 aliphatic heterocycles. The predicted molar refractivity (Wildman–Crippen MR) is 90.3 cm³/mol. The van der Waals surface area contributed by atoms with Gasteiger partial charge in [-0.15, -0.1) is 24.2 Å². The highest BCUT2D eigenvalue weighted by molar-refractivity contribution is 7.98. The predicted octanol–water partition coefficient (Wildman–Crippen LogP) is 3.73. The number of halogens is 2. The summed E-state index contributed by atoms with van der Waals surface area (Å²) in [6, 6.07) is 5.45. The molecule has 0 heterocycles. The molecule has 0 spiro atoms. The van der Waals surface area contributed by atoms with Gasteiger partial charge in [-0.2, -0.15) is 0 Å². The zero-order valence-corrected chi connectivity index (χ0v) is 14.4. The summed E-state index contributed by atoms with van der Waals surface area (Å²) in [5.74, 6) is -0.169. The van der Waals surface area contributed by atoms with Crippen LogP contribution in [0.15, 0.2) is 23.1 Å². The highest BCUT2D eigenvalue weighted by atomic mass is 35.5. The third-order valence-corrected chi connectivity index (χ3v) is 4.48. The van der Waals surface area contributed by atoms with E-state index in [1.54, 1.807) is 23.9 Å². The molecule has 1 aromatic carbocycles. The second-order valence-corrected chi connectivity index (χ2v) is 5.88. The molecule has 0 aliphatic rings. The first-order valence-corrected chi connectivity index (χ1v) is 7.96. The van der Waals surface area contributed by atoms with Crippen molar-refractivity contribution < 1.29 is 4.79 Å². The van der Waals surface area contributed by atoms with Gasteiger partial charge in [-0.3, -0.25) is 4.79 Å². The monoisotopic (exact) mass is 336 g/mol. The summed E-state index contributed by atoms with van der Waals surface area (Å²) in [5, 5.41) is 3.34. The lowest BCUT2D eigenvalue weighted by Gasteiger charge is -2.26. The number of hydrogen-bond acceptors (Lipinski definition) is 3. The minimum absolute atomic E-state index is 0. The number of rotatable bonds is 6. The molecule has 3 nitrogen and oxygen atoms in total. The van der Waals surface area contributed by atoms with Crippen molar-refractivity contribution in [2.75, 3.05) is 12.8 Å². The van der Waals surface area contributed by atoms with Gasteiger partial charge in [0, 0.05) is 17.0 Å². The first-order valence-electron chi connectivity index (χ1n) is 6.36. The number of nitrogens with one attached hydrogen (secondary N) is 1. The fourth-order valence-electron chi connectivity index (χ4n) is 1.66. The van der Waals surface area contributed by atoms with Gasteiger partial charge in [0.1, 0.15) is 0 Å². The standard InChI is InChI=1S/C14H21ClN2OS.ClH/c1-4-14(16,5-2)9-17-13(18)11-8-10(19-3)6-7-12(11)15;/h6-8H,4-5,9,16H2,1-3H3,(H,17,18);1H. The van der Waals surface area contributed by atoms with Crippen LogP contribution >= 0.6 is 35.8 Å². The van der Waals surface area contributed by atoms with E-state index < -0.39 is 0 Å². The molecule has 3 N–H and O–H groups in total. The molecular formula is C14H22Cl2N2OS. The second kappa shape index (κ2) is 8.78. The Bertz CT molecular complexity index is 451. The minimum atomic E-state index is -0.348. The van der Waals surface area contributed by atoms with E-state index >= 15 is 0 Å². The SMILES string of the molecule is CCC(N)(CC)CNC(=O)c1cc(SC)ccc1Cl.Cl. The first kappa shape index (κ1) is 19.6. The Morgan fingerprint density at radius 1 is 1.40 bits per heavy atom. The minimum Gasteiger partial charge on any atom is -0.350 e. The summed E-state index contributed by atoms with van der Waals surface area (Å²) in [6.07, 6.45) is 3.61. The largest absolute Gasteiger partial charge is 0.350 e. The highest BCUT2D eigenvalue weighted by Gasteiger charge is 2.21. The van der Waals surface area contributed by atoms with Crippen LogP contribution < -0.4 is 11.1 Å². The normalized spacial score (nSPS) is 10.8. The van der Waals surface area contributed by atoms with Gasteiger partial charge in [0.05, 0.1) is 10.6 Å². The molecule has 0 radical (unpaired) electrons. The average Bonchev–Trinajstić information content (AvgIpc) is 2.45. The molecule has 0 saturated carbocycles. The molecule has 0 atom stereocenters. The van der Waals surface area contributed by atoms with Gasteiger partial charge >= 0.3 is 0 Å². The fraction of sp³-hybridized carbons (Fsp3) is 0.500.